The Hall–Kier alpha value is -2.87. The summed E-state index contributed by atoms with van der Waals surface area (Å²) in [6.07, 6.45) is 10.6. The van der Waals surface area contributed by atoms with Crippen LogP contribution in [0.1, 0.15) is 64.4 Å². The normalized spacial score (nSPS) is 20.9. The van der Waals surface area contributed by atoms with Gasteiger partial charge in [0.2, 0.25) is 0 Å². The number of aliphatic hydroxyl groups is 3. The summed E-state index contributed by atoms with van der Waals surface area (Å²) in [5, 5.41) is 29.7. The molecule has 0 bridgehead atoms. The molecule has 0 amide bonds. The van der Waals surface area contributed by atoms with E-state index in [1.807, 2.05) is 32.1 Å². The maximum atomic E-state index is 12.7. The maximum absolute atomic E-state index is 12.7. The molecule has 0 radical (unpaired) electrons. The predicted molar refractivity (Wildman–Crippen MR) is 147 cm³/mol. The van der Waals surface area contributed by atoms with Gasteiger partial charge < -0.3 is 29.5 Å². The van der Waals surface area contributed by atoms with E-state index < -0.39 is 30.4 Å². The summed E-state index contributed by atoms with van der Waals surface area (Å²) < 4.78 is 17.1. The molecule has 1 aromatic carbocycles. The first kappa shape index (κ1) is 29.7. The van der Waals surface area contributed by atoms with Crippen LogP contribution in [0, 0.1) is 5.92 Å². The molecule has 1 aromatic rings. The summed E-state index contributed by atoms with van der Waals surface area (Å²) in [4.78, 5) is 12.7. The Kier molecular flexibility index (Phi) is 11.6. The molecular formula is C31H42O7. The first-order valence-electron chi connectivity index (χ1n) is 13.6. The van der Waals surface area contributed by atoms with Gasteiger partial charge in [-0.05, 0) is 62.5 Å². The Balaban J connectivity index is 1.47. The van der Waals surface area contributed by atoms with Gasteiger partial charge in [0.05, 0.1) is 30.5 Å². The average molecular weight is 527 g/mol. The molecular weight excluding hydrogens is 484 g/mol. The molecule has 2 aliphatic rings. The van der Waals surface area contributed by atoms with Crippen molar-refractivity contribution in [2.75, 3.05) is 13.2 Å². The Morgan fingerprint density at radius 3 is 2.50 bits per heavy atom. The van der Waals surface area contributed by atoms with E-state index in [1.54, 1.807) is 30.3 Å². The average Bonchev–Trinajstić information content (AvgIpc) is 2.91. The Labute approximate surface area is 226 Å². The summed E-state index contributed by atoms with van der Waals surface area (Å²) in [5.74, 6) is 0.703. The SMILES string of the molecule is C=C(C)CCCCCC(O)COC1=CC2OC(=O)C(c3ccc(OCCC(O)C(O)CC)cc3)=CC2C=C1. The number of carbonyl (C=O) groups excluding carboxylic acids is 1. The van der Waals surface area contributed by atoms with Crippen molar-refractivity contribution in [1.29, 1.82) is 0 Å². The number of hydrogen-bond acceptors (Lipinski definition) is 7. The third-order valence-electron chi connectivity index (χ3n) is 6.81. The molecule has 1 heterocycles. The molecule has 208 valence electrons. The van der Waals surface area contributed by atoms with Crippen LogP contribution in [-0.2, 0) is 14.3 Å². The lowest BCUT2D eigenvalue weighted by Gasteiger charge is -2.29. The summed E-state index contributed by atoms with van der Waals surface area (Å²) >= 11 is 0. The second-order valence-electron chi connectivity index (χ2n) is 10.2. The molecule has 3 rings (SSSR count). The number of esters is 1. The van der Waals surface area contributed by atoms with E-state index in [0.29, 0.717) is 36.3 Å². The fourth-order valence-corrected chi connectivity index (χ4v) is 4.42. The molecule has 5 atom stereocenters. The van der Waals surface area contributed by atoms with Crippen molar-refractivity contribution in [3.05, 3.63) is 72.0 Å². The highest BCUT2D eigenvalue weighted by molar-refractivity contribution is 6.17. The zero-order chi connectivity index (χ0) is 27.5. The highest BCUT2D eigenvalue weighted by Crippen LogP contribution is 2.32. The van der Waals surface area contributed by atoms with Crippen molar-refractivity contribution < 1.29 is 34.3 Å². The van der Waals surface area contributed by atoms with Crippen molar-refractivity contribution in [2.45, 2.75) is 83.2 Å². The van der Waals surface area contributed by atoms with Gasteiger partial charge in [0.25, 0.3) is 0 Å². The summed E-state index contributed by atoms with van der Waals surface area (Å²) in [7, 11) is 0. The Bertz CT molecular complexity index is 1010. The van der Waals surface area contributed by atoms with Crippen molar-refractivity contribution in [3.8, 4) is 5.75 Å². The summed E-state index contributed by atoms with van der Waals surface area (Å²) in [5.41, 5.74) is 2.41. The van der Waals surface area contributed by atoms with Gasteiger partial charge in [-0.25, -0.2) is 4.79 Å². The third kappa shape index (κ3) is 9.15. The number of ether oxygens (including phenoxy) is 3. The molecule has 0 fully saturated rings. The van der Waals surface area contributed by atoms with Crippen LogP contribution in [0.3, 0.4) is 0 Å². The van der Waals surface area contributed by atoms with E-state index in [1.165, 1.54) is 5.57 Å². The predicted octanol–water partition coefficient (Wildman–Crippen LogP) is 4.87. The van der Waals surface area contributed by atoms with Gasteiger partial charge in [-0.15, -0.1) is 6.58 Å². The lowest BCUT2D eigenvalue weighted by molar-refractivity contribution is -0.141. The van der Waals surface area contributed by atoms with Gasteiger partial charge in [0.1, 0.15) is 24.2 Å². The molecule has 1 aliphatic carbocycles. The van der Waals surface area contributed by atoms with Crippen molar-refractivity contribution in [3.63, 3.8) is 0 Å². The number of unbranched alkanes of at least 4 members (excludes halogenated alkanes) is 2. The number of allylic oxidation sites excluding steroid dienone is 2. The van der Waals surface area contributed by atoms with Crippen LogP contribution < -0.4 is 4.74 Å². The largest absolute Gasteiger partial charge is 0.493 e. The highest BCUT2D eigenvalue weighted by Gasteiger charge is 2.31. The molecule has 0 spiro atoms. The molecule has 1 aliphatic heterocycles. The van der Waals surface area contributed by atoms with Crippen LogP contribution in [0.5, 0.6) is 5.75 Å². The molecule has 0 aromatic heterocycles. The van der Waals surface area contributed by atoms with E-state index >= 15 is 0 Å². The van der Waals surface area contributed by atoms with Gasteiger partial charge in [0, 0.05) is 12.3 Å². The summed E-state index contributed by atoms with van der Waals surface area (Å²) in [6.45, 7) is 8.24. The second-order valence-corrected chi connectivity index (χ2v) is 10.2. The van der Waals surface area contributed by atoms with Crippen LogP contribution in [0.15, 0.2) is 66.5 Å². The number of benzene rings is 1. The molecule has 38 heavy (non-hydrogen) atoms. The third-order valence-corrected chi connectivity index (χ3v) is 6.81. The van der Waals surface area contributed by atoms with E-state index in [4.69, 9.17) is 14.2 Å². The fourth-order valence-electron chi connectivity index (χ4n) is 4.42. The topological polar surface area (TPSA) is 105 Å². The maximum Gasteiger partial charge on any atom is 0.339 e. The van der Waals surface area contributed by atoms with Gasteiger partial charge in [-0.1, -0.05) is 49.6 Å². The first-order valence-corrected chi connectivity index (χ1v) is 13.6. The van der Waals surface area contributed by atoms with E-state index in [0.717, 1.165) is 31.2 Å². The zero-order valence-electron chi connectivity index (χ0n) is 22.6. The van der Waals surface area contributed by atoms with Gasteiger partial charge in [-0.3, -0.25) is 0 Å². The zero-order valence-corrected chi connectivity index (χ0v) is 22.6. The highest BCUT2D eigenvalue weighted by atomic mass is 16.5. The van der Waals surface area contributed by atoms with E-state index in [9.17, 15) is 20.1 Å². The minimum atomic E-state index is -0.815. The number of fused-ring (bicyclic) bond motifs is 1. The minimum Gasteiger partial charge on any atom is -0.493 e. The molecule has 7 heteroatoms. The minimum absolute atomic E-state index is 0.101. The van der Waals surface area contributed by atoms with E-state index in [2.05, 4.69) is 6.58 Å². The Morgan fingerprint density at radius 2 is 1.79 bits per heavy atom. The van der Waals surface area contributed by atoms with Crippen molar-refractivity contribution in [2.24, 2.45) is 5.92 Å². The van der Waals surface area contributed by atoms with Crippen LogP contribution in [0.2, 0.25) is 0 Å². The van der Waals surface area contributed by atoms with Crippen molar-refractivity contribution >= 4 is 11.5 Å². The first-order chi connectivity index (χ1) is 18.3. The fraction of sp³-hybridized carbons (Fsp3) is 0.516. The van der Waals surface area contributed by atoms with Crippen LogP contribution in [0.25, 0.3) is 5.57 Å². The van der Waals surface area contributed by atoms with Gasteiger partial charge >= 0.3 is 5.97 Å². The number of carbonyl (C=O) groups is 1. The van der Waals surface area contributed by atoms with Crippen LogP contribution in [0.4, 0.5) is 0 Å². The number of hydrogen-bond donors (Lipinski definition) is 3. The quantitative estimate of drug-likeness (QED) is 0.160. The smallest absolute Gasteiger partial charge is 0.339 e. The van der Waals surface area contributed by atoms with Crippen LogP contribution in [-0.4, -0.2) is 58.9 Å². The number of rotatable bonds is 16. The molecule has 7 nitrogen and oxygen atoms in total. The number of aliphatic hydroxyl groups excluding tert-OH is 3. The lowest BCUT2D eigenvalue weighted by Crippen LogP contribution is -2.30. The van der Waals surface area contributed by atoms with Gasteiger partial charge in [-0.2, -0.15) is 0 Å². The van der Waals surface area contributed by atoms with E-state index in [-0.39, 0.29) is 19.1 Å². The van der Waals surface area contributed by atoms with Crippen molar-refractivity contribution in [1.82, 2.24) is 0 Å². The monoisotopic (exact) mass is 526 g/mol. The lowest BCUT2D eigenvalue weighted by atomic mass is 9.90. The standard InChI is InChI=1S/C31H42O7/c1-4-28(33)29(34)16-17-36-25-13-10-22(11-14-25)27-18-23-12-15-26(19-30(23)38-31(27)35)37-20-24(32)9-7-5-6-8-21(2)3/h10-15,18-19,23-24,28-30,32-34H,2,4-9,16-17,20H2,1,3H3. The Morgan fingerprint density at radius 1 is 1.03 bits per heavy atom. The molecule has 3 N–H and O–H groups in total. The van der Waals surface area contributed by atoms with Gasteiger partial charge in [0.15, 0.2) is 0 Å². The molecule has 0 saturated carbocycles. The second kappa shape index (κ2) is 14.9. The molecule has 0 saturated heterocycles. The summed E-state index contributed by atoms with van der Waals surface area (Å²) in [6, 6.07) is 7.15. The van der Waals surface area contributed by atoms with Crippen LogP contribution >= 0.6 is 0 Å². The molecule has 5 unspecified atom stereocenters.